The molecule has 6 heteroatoms. The van der Waals surface area contributed by atoms with Crippen LogP contribution in [-0.4, -0.2) is 36.9 Å². The number of benzene rings is 2. The smallest absolute Gasteiger partial charge is 0.254 e. The first kappa shape index (κ1) is 19.8. The molecule has 138 valence electrons. The Kier molecular flexibility index (Phi) is 7.48. The van der Waals surface area contributed by atoms with Crippen molar-refractivity contribution in [3.05, 3.63) is 59.1 Å². The van der Waals surface area contributed by atoms with Crippen LogP contribution in [0.2, 0.25) is 5.02 Å². The van der Waals surface area contributed by atoms with Crippen molar-refractivity contribution >= 4 is 29.1 Å². The quantitative estimate of drug-likeness (QED) is 0.703. The summed E-state index contributed by atoms with van der Waals surface area (Å²) >= 11 is 6.02. The van der Waals surface area contributed by atoms with E-state index in [9.17, 15) is 9.59 Å². The predicted molar refractivity (Wildman–Crippen MR) is 104 cm³/mol. The number of para-hydroxylation sites is 1. The fourth-order valence-electron chi connectivity index (χ4n) is 2.29. The molecule has 0 aliphatic carbocycles. The molecular formula is C20H23ClN2O3. The second-order valence-electron chi connectivity index (χ2n) is 5.92. The molecule has 0 bridgehead atoms. The van der Waals surface area contributed by atoms with Gasteiger partial charge in [0.05, 0.1) is 23.9 Å². The summed E-state index contributed by atoms with van der Waals surface area (Å²) in [6.07, 6.45) is 2.06. The predicted octanol–water partition coefficient (Wildman–Crippen LogP) is 4.23. The molecule has 0 aliphatic heterocycles. The van der Waals surface area contributed by atoms with Gasteiger partial charge in [-0.05, 0) is 42.8 Å². The molecular weight excluding hydrogens is 352 g/mol. The Balaban J connectivity index is 1.90. The molecule has 0 atom stereocenters. The van der Waals surface area contributed by atoms with Gasteiger partial charge in [-0.25, -0.2) is 0 Å². The van der Waals surface area contributed by atoms with Crippen molar-refractivity contribution in [2.75, 3.05) is 25.5 Å². The second kappa shape index (κ2) is 9.82. The maximum atomic E-state index is 12.5. The Morgan fingerprint density at radius 2 is 1.81 bits per heavy atom. The lowest BCUT2D eigenvalue weighted by Crippen LogP contribution is -2.34. The van der Waals surface area contributed by atoms with Crippen molar-refractivity contribution in [2.24, 2.45) is 0 Å². The van der Waals surface area contributed by atoms with Gasteiger partial charge in [0.25, 0.3) is 5.91 Å². The minimum Gasteiger partial charge on any atom is -0.494 e. The summed E-state index contributed by atoms with van der Waals surface area (Å²) in [7, 11) is 1.58. The minimum atomic E-state index is -0.312. The van der Waals surface area contributed by atoms with Crippen molar-refractivity contribution in [1.29, 1.82) is 0 Å². The molecule has 2 aromatic rings. The Hall–Kier alpha value is -2.53. The minimum absolute atomic E-state index is 0.0706. The molecule has 0 unspecified atom stereocenters. The SMILES string of the molecule is CCCCOc1ccc(C(=O)N(C)CC(=O)Nc2ccccc2Cl)cc1. The lowest BCUT2D eigenvalue weighted by molar-refractivity contribution is -0.116. The highest BCUT2D eigenvalue weighted by molar-refractivity contribution is 6.33. The molecule has 0 heterocycles. The van der Waals surface area contributed by atoms with Gasteiger partial charge >= 0.3 is 0 Å². The third-order valence-electron chi connectivity index (χ3n) is 3.74. The number of carbonyl (C=O) groups excluding carboxylic acids is 2. The summed E-state index contributed by atoms with van der Waals surface area (Å²) in [6.45, 7) is 2.69. The van der Waals surface area contributed by atoms with Crippen molar-refractivity contribution < 1.29 is 14.3 Å². The molecule has 2 amide bonds. The van der Waals surface area contributed by atoms with Crippen LogP contribution >= 0.6 is 11.6 Å². The first-order valence-corrected chi connectivity index (χ1v) is 8.91. The molecule has 2 rings (SSSR count). The van der Waals surface area contributed by atoms with E-state index in [1.807, 2.05) is 0 Å². The standard InChI is InChI=1S/C20H23ClN2O3/c1-3-4-13-26-16-11-9-15(10-12-16)20(25)23(2)14-19(24)22-18-8-6-5-7-17(18)21/h5-12H,3-4,13-14H2,1-2H3,(H,22,24). The van der Waals surface area contributed by atoms with Gasteiger partial charge in [-0.2, -0.15) is 0 Å². The van der Waals surface area contributed by atoms with Gasteiger partial charge in [0.1, 0.15) is 5.75 Å². The topological polar surface area (TPSA) is 58.6 Å². The zero-order chi connectivity index (χ0) is 18.9. The van der Waals surface area contributed by atoms with Crippen LogP contribution < -0.4 is 10.1 Å². The third-order valence-corrected chi connectivity index (χ3v) is 4.07. The lowest BCUT2D eigenvalue weighted by Gasteiger charge is -2.17. The van der Waals surface area contributed by atoms with Crippen molar-refractivity contribution in [2.45, 2.75) is 19.8 Å². The van der Waals surface area contributed by atoms with E-state index in [4.69, 9.17) is 16.3 Å². The number of halogens is 1. The average molecular weight is 375 g/mol. The molecule has 5 nitrogen and oxygen atoms in total. The van der Waals surface area contributed by atoms with E-state index in [2.05, 4.69) is 12.2 Å². The van der Waals surface area contributed by atoms with Crippen LogP contribution in [0.15, 0.2) is 48.5 Å². The number of anilines is 1. The summed E-state index contributed by atoms with van der Waals surface area (Å²) in [4.78, 5) is 25.9. The van der Waals surface area contributed by atoms with Gasteiger partial charge in [0.15, 0.2) is 0 Å². The van der Waals surface area contributed by atoms with Crippen molar-refractivity contribution in [3.8, 4) is 5.75 Å². The molecule has 26 heavy (non-hydrogen) atoms. The zero-order valence-electron chi connectivity index (χ0n) is 15.0. The van der Waals surface area contributed by atoms with Crippen LogP contribution in [0.1, 0.15) is 30.1 Å². The normalized spacial score (nSPS) is 10.3. The van der Waals surface area contributed by atoms with Gasteiger partial charge in [-0.1, -0.05) is 37.1 Å². The maximum Gasteiger partial charge on any atom is 0.254 e. The summed E-state index contributed by atoms with van der Waals surface area (Å²) in [5, 5.41) is 3.15. The molecule has 0 spiro atoms. The molecule has 2 aromatic carbocycles. The van der Waals surface area contributed by atoms with E-state index in [0.29, 0.717) is 22.9 Å². The molecule has 0 radical (unpaired) electrons. The highest BCUT2D eigenvalue weighted by Crippen LogP contribution is 2.20. The van der Waals surface area contributed by atoms with Crippen LogP contribution in [0, 0.1) is 0 Å². The molecule has 0 saturated heterocycles. The van der Waals surface area contributed by atoms with Crippen LogP contribution in [0.3, 0.4) is 0 Å². The van der Waals surface area contributed by atoms with Gasteiger partial charge in [-0.15, -0.1) is 0 Å². The number of rotatable bonds is 8. The average Bonchev–Trinajstić information content (AvgIpc) is 2.64. The van der Waals surface area contributed by atoms with E-state index < -0.39 is 0 Å². The highest BCUT2D eigenvalue weighted by atomic mass is 35.5. The molecule has 0 aromatic heterocycles. The molecule has 1 N–H and O–H groups in total. The summed E-state index contributed by atoms with van der Waals surface area (Å²) in [6, 6.07) is 13.9. The lowest BCUT2D eigenvalue weighted by atomic mass is 10.2. The Labute approximate surface area is 158 Å². The number of carbonyl (C=O) groups is 2. The molecule has 0 aliphatic rings. The van der Waals surface area contributed by atoms with Crippen LogP contribution in [0.4, 0.5) is 5.69 Å². The van der Waals surface area contributed by atoms with Crippen LogP contribution in [-0.2, 0) is 4.79 Å². The first-order valence-electron chi connectivity index (χ1n) is 8.54. The summed E-state index contributed by atoms with van der Waals surface area (Å²) in [5.41, 5.74) is 1.02. The van der Waals surface area contributed by atoms with E-state index in [1.54, 1.807) is 55.6 Å². The molecule has 0 fully saturated rings. The Bertz CT molecular complexity index is 747. The third kappa shape index (κ3) is 5.77. The monoisotopic (exact) mass is 374 g/mol. The van der Waals surface area contributed by atoms with E-state index in [-0.39, 0.29) is 18.4 Å². The number of nitrogens with zero attached hydrogens (tertiary/aromatic N) is 1. The number of amides is 2. The largest absolute Gasteiger partial charge is 0.494 e. The Morgan fingerprint density at radius 1 is 1.12 bits per heavy atom. The number of unbranched alkanes of at least 4 members (excludes halogenated alkanes) is 1. The van der Waals surface area contributed by atoms with Gasteiger partial charge in [-0.3, -0.25) is 9.59 Å². The first-order chi connectivity index (χ1) is 12.5. The Morgan fingerprint density at radius 3 is 2.46 bits per heavy atom. The van der Waals surface area contributed by atoms with Gasteiger partial charge < -0.3 is 15.0 Å². The van der Waals surface area contributed by atoms with Gasteiger partial charge in [0, 0.05) is 12.6 Å². The fraction of sp³-hybridized carbons (Fsp3) is 0.300. The molecule has 0 saturated carbocycles. The van der Waals surface area contributed by atoms with Crippen LogP contribution in [0.25, 0.3) is 0 Å². The highest BCUT2D eigenvalue weighted by Gasteiger charge is 2.15. The van der Waals surface area contributed by atoms with E-state index in [1.165, 1.54) is 4.90 Å². The number of likely N-dealkylation sites (N-methyl/N-ethyl adjacent to an activating group) is 1. The zero-order valence-corrected chi connectivity index (χ0v) is 15.8. The van der Waals surface area contributed by atoms with Crippen molar-refractivity contribution in [3.63, 3.8) is 0 Å². The fourth-order valence-corrected chi connectivity index (χ4v) is 2.47. The van der Waals surface area contributed by atoms with Crippen molar-refractivity contribution in [1.82, 2.24) is 4.90 Å². The van der Waals surface area contributed by atoms with Crippen LogP contribution in [0.5, 0.6) is 5.75 Å². The second-order valence-corrected chi connectivity index (χ2v) is 6.32. The number of nitrogens with one attached hydrogen (secondary N) is 1. The maximum absolute atomic E-state index is 12.5. The number of hydrogen-bond acceptors (Lipinski definition) is 3. The van der Waals surface area contributed by atoms with E-state index >= 15 is 0 Å². The number of hydrogen-bond donors (Lipinski definition) is 1. The number of ether oxygens (including phenoxy) is 1. The summed E-state index contributed by atoms with van der Waals surface area (Å²) < 4.78 is 5.58. The summed E-state index contributed by atoms with van der Waals surface area (Å²) in [5.74, 6) is 0.182. The van der Waals surface area contributed by atoms with Gasteiger partial charge in [0.2, 0.25) is 5.91 Å². The van der Waals surface area contributed by atoms with E-state index in [0.717, 1.165) is 18.6 Å².